The molecule has 8 nitrogen and oxygen atoms in total. The molecule has 2 amide bonds. The van der Waals surface area contributed by atoms with Crippen LogP contribution in [-0.4, -0.2) is 65.6 Å². The molecule has 1 saturated heterocycles. The highest BCUT2D eigenvalue weighted by molar-refractivity contribution is 6.04. The Labute approximate surface area is 223 Å². The van der Waals surface area contributed by atoms with Crippen molar-refractivity contribution in [3.8, 4) is 11.1 Å². The smallest absolute Gasteiger partial charge is 0.380 e. The number of aromatic nitrogens is 2. The third-order valence-corrected chi connectivity index (χ3v) is 7.11. The third kappa shape index (κ3) is 5.44. The summed E-state index contributed by atoms with van der Waals surface area (Å²) in [6, 6.07) is 9.25. The van der Waals surface area contributed by atoms with Crippen molar-refractivity contribution in [3.63, 3.8) is 0 Å². The minimum absolute atomic E-state index is 0.100. The van der Waals surface area contributed by atoms with Gasteiger partial charge in [0, 0.05) is 61.5 Å². The average molecular weight is 540 g/mol. The highest BCUT2D eigenvalue weighted by Gasteiger charge is 2.35. The zero-order chi connectivity index (χ0) is 27.7. The topological polar surface area (TPSA) is 87.7 Å². The van der Waals surface area contributed by atoms with Gasteiger partial charge < -0.3 is 19.9 Å². The monoisotopic (exact) mass is 539 g/mol. The first-order valence-electron chi connectivity index (χ1n) is 12.7. The number of nitrogens with zero attached hydrogens (tertiary/aromatic N) is 4. The summed E-state index contributed by atoms with van der Waals surface area (Å²) in [7, 11) is 0. The predicted octanol–water partition coefficient (Wildman–Crippen LogP) is 4.79. The van der Waals surface area contributed by atoms with Crippen molar-refractivity contribution in [2.45, 2.75) is 32.5 Å². The summed E-state index contributed by atoms with van der Waals surface area (Å²) in [4.78, 5) is 38.0. The van der Waals surface area contributed by atoms with Crippen molar-refractivity contribution in [2.75, 3.05) is 43.1 Å². The maximum Gasteiger partial charge on any atom is 0.433 e. The van der Waals surface area contributed by atoms with E-state index in [1.54, 1.807) is 18.3 Å². The van der Waals surface area contributed by atoms with E-state index in [9.17, 15) is 22.8 Å². The molecule has 4 heterocycles. The van der Waals surface area contributed by atoms with Gasteiger partial charge in [0.05, 0.1) is 12.3 Å². The number of halogens is 3. The van der Waals surface area contributed by atoms with E-state index in [2.05, 4.69) is 20.2 Å². The van der Waals surface area contributed by atoms with Crippen molar-refractivity contribution in [1.29, 1.82) is 0 Å². The molecule has 39 heavy (non-hydrogen) atoms. The quantitative estimate of drug-likeness (QED) is 0.513. The van der Waals surface area contributed by atoms with Gasteiger partial charge in [-0.05, 0) is 61.7 Å². The number of nitrogens with one attached hydrogen (secondary N) is 1. The fraction of sp³-hybridized carbons (Fsp3) is 0.357. The van der Waals surface area contributed by atoms with E-state index in [-0.39, 0.29) is 17.5 Å². The lowest BCUT2D eigenvalue weighted by Crippen LogP contribution is -2.43. The number of carbonyl (C=O) groups excluding carboxylic acids is 2. The SMILES string of the molecule is CCN1C[C@H]2CCOCCN2c2cc(-c3cc(NC(=O)c4ccnc(C(F)(F)F)c4)ccc3C)cnc2C1=O. The normalized spacial score (nSPS) is 17.7. The maximum atomic E-state index is 13.3. The maximum absolute atomic E-state index is 13.3. The highest BCUT2D eigenvalue weighted by Crippen LogP contribution is 2.35. The molecule has 2 aromatic heterocycles. The molecule has 1 atom stereocenters. The van der Waals surface area contributed by atoms with E-state index in [4.69, 9.17) is 4.74 Å². The van der Waals surface area contributed by atoms with E-state index in [1.807, 2.05) is 30.9 Å². The van der Waals surface area contributed by atoms with E-state index < -0.39 is 17.8 Å². The van der Waals surface area contributed by atoms with Gasteiger partial charge in [-0.2, -0.15) is 13.2 Å². The summed E-state index contributed by atoms with van der Waals surface area (Å²) < 4.78 is 44.9. The molecule has 2 aliphatic rings. The minimum Gasteiger partial charge on any atom is -0.380 e. The van der Waals surface area contributed by atoms with E-state index in [0.29, 0.717) is 44.2 Å². The summed E-state index contributed by atoms with van der Waals surface area (Å²) in [5.41, 5.74) is 2.70. The number of likely N-dealkylation sites (N-methyl/N-ethyl adjacent to an activating group) is 1. The van der Waals surface area contributed by atoms with Gasteiger partial charge >= 0.3 is 6.18 Å². The van der Waals surface area contributed by atoms with Gasteiger partial charge in [-0.25, -0.2) is 4.98 Å². The van der Waals surface area contributed by atoms with Gasteiger partial charge in [-0.1, -0.05) is 6.07 Å². The molecule has 1 aromatic carbocycles. The summed E-state index contributed by atoms with van der Waals surface area (Å²) in [5.74, 6) is -0.795. The number of anilines is 2. The predicted molar refractivity (Wildman–Crippen MR) is 140 cm³/mol. The van der Waals surface area contributed by atoms with Crippen molar-refractivity contribution in [1.82, 2.24) is 14.9 Å². The first-order chi connectivity index (χ1) is 18.7. The number of pyridine rings is 2. The van der Waals surface area contributed by atoms with Crippen LogP contribution in [0.1, 0.15) is 45.4 Å². The van der Waals surface area contributed by atoms with Gasteiger partial charge in [-0.3, -0.25) is 14.6 Å². The molecule has 0 spiro atoms. The van der Waals surface area contributed by atoms with Crippen LogP contribution in [0.5, 0.6) is 0 Å². The van der Waals surface area contributed by atoms with E-state index >= 15 is 0 Å². The number of ether oxygens (including phenoxy) is 1. The molecule has 2 aliphatic heterocycles. The van der Waals surface area contributed by atoms with Crippen LogP contribution in [-0.2, 0) is 10.9 Å². The Balaban J connectivity index is 1.48. The zero-order valence-electron chi connectivity index (χ0n) is 21.6. The number of hydrogen-bond donors (Lipinski definition) is 1. The molecular weight excluding hydrogens is 511 g/mol. The van der Waals surface area contributed by atoms with Gasteiger partial charge in [0.1, 0.15) is 5.69 Å². The Morgan fingerprint density at radius 2 is 1.97 bits per heavy atom. The highest BCUT2D eigenvalue weighted by atomic mass is 19.4. The first-order valence-corrected chi connectivity index (χ1v) is 12.7. The Morgan fingerprint density at radius 3 is 2.74 bits per heavy atom. The van der Waals surface area contributed by atoms with Crippen LogP contribution in [0.2, 0.25) is 0 Å². The molecule has 0 radical (unpaired) electrons. The molecule has 1 N–H and O–H groups in total. The molecule has 0 bridgehead atoms. The molecule has 0 saturated carbocycles. The van der Waals surface area contributed by atoms with Crippen molar-refractivity contribution in [2.24, 2.45) is 0 Å². The second kappa shape index (κ2) is 10.6. The number of alkyl halides is 3. The van der Waals surface area contributed by atoms with Gasteiger partial charge in [0.15, 0.2) is 5.69 Å². The molecule has 204 valence electrons. The van der Waals surface area contributed by atoms with Crippen molar-refractivity contribution < 1.29 is 27.5 Å². The molecule has 11 heteroatoms. The summed E-state index contributed by atoms with van der Waals surface area (Å²) in [6.45, 7) is 6.84. The first kappa shape index (κ1) is 26.6. The van der Waals surface area contributed by atoms with Crippen LogP contribution >= 0.6 is 0 Å². The van der Waals surface area contributed by atoms with Gasteiger partial charge in [0.2, 0.25) is 0 Å². The fourth-order valence-corrected chi connectivity index (χ4v) is 5.01. The molecule has 0 unspecified atom stereocenters. The molecule has 5 rings (SSSR count). The lowest BCUT2D eigenvalue weighted by Gasteiger charge is -2.31. The summed E-state index contributed by atoms with van der Waals surface area (Å²) in [6.07, 6.45) is -1.26. The van der Waals surface area contributed by atoms with Crippen molar-refractivity contribution in [3.05, 3.63) is 71.3 Å². The number of fused-ring (bicyclic) bond motifs is 3. The van der Waals surface area contributed by atoms with Crippen LogP contribution < -0.4 is 10.2 Å². The number of rotatable bonds is 4. The lowest BCUT2D eigenvalue weighted by molar-refractivity contribution is -0.141. The van der Waals surface area contributed by atoms with Gasteiger partial charge in [-0.15, -0.1) is 0 Å². The Morgan fingerprint density at radius 1 is 1.15 bits per heavy atom. The van der Waals surface area contributed by atoms with Crippen LogP contribution in [0.4, 0.5) is 24.5 Å². The van der Waals surface area contributed by atoms with Gasteiger partial charge in [0.25, 0.3) is 11.8 Å². The second-order valence-corrected chi connectivity index (χ2v) is 9.60. The summed E-state index contributed by atoms with van der Waals surface area (Å²) in [5, 5.41) is 2.68. The molecule has 3 aromatic rings. The Kier molecular flexibility index (Phi) is 7.26. The average Bonchev–Trinajstić information content (AvgIpc) is 3.22. The molecule has 1 fully saturated rings. The minimum atomic E-state index is -4.65. The fourth-order valence-electron chi connectivity index (χ4n) is 5.01. The number of benzene rings is 1. The number of amides is 2. The third-order valence-electron chi connectivity index (χ3n) is 7.11. The van der Waals surface area contributed by atoms with Crippen molar-refractivity contribution >= 4 is 23.2 Å². The largest absolute Gasteiger partial charge is 0.433 e. The van der Waals surface area contributed by atoms with E-state index in [1.165, 1.54) is 6.07 Å². The standard InChI is InChI=1S/C28H28F3N5O3/c1-3-35-16-21-7-10-39-11-9-36(21)23-12-19(15-33-25(23)27(35)38)22-14-20(5-4-17(22)2)34-26(37)18-6-8-32-24(13-18)28(29,30)31/h4-6,8,12-15,21H,3,7,9-11,16H2,1-2H3,(H,34,37)/t21-/m1/s1. The number of aryl methyl sites for hydroxylation is 1. The Bertz CT molecular complexity index is 1410. The molecule has 0 aliphatic carbocycles. The van der Waals surface area contributed by atoms with E-state index in [0.717, 1.165) is 41.1 Å². The van der Waals surface area contributed by atoms with Crippen LogP contribution in [0.25, 0.3) is 11.1 Å². The van der Waals surface area contributed by atoms with Crippen LogP contribution in [0.15, 0.2) is 48.8 Å². The lowest BCUT2D eigenvalue weighted by atomic mass is 9.99. The Hall–Kier alpha value is -3.99. The number of carbonyl (C=O) groups is 2. The number of hydrogen-bond acceptors (Lipinski definition) is 6. The van der Waals surface area contributed by atoms with Crippen LogP contribution in [0, 0.1) is 6.92 Å². The van der Waals surface area contributed by atoms with Crippen LogP contribution in [0.3, 0.4) is 0 Å². The molecular formula is C28H28F3N5O3. The zero-order valence-corrected chi connectivity index (χ0v) is 21.6. The summed E-state index contributed by atoms with van der Waals surface area (Å²) >= 11 is 0. The second-order valence-electron chi connectivity index (χ2n) is 9.60.